The highest BCUT2D eigenvalue weighted by molar-refractivity contribution is 5.92. The van der Waals surface area contributed by atoms with Crippen LogP contribution in [-0.4, -0.2) is 15.5 Å². The fourth-order valence-corrected chi connectivity index (χ4v) is 2.58. The highest BCUT2D eigenvalue weighted by Crippen LogP contribution is 2.16. The maximum atomic E-state index is 13.2. The molecule has 0 aliphatic carbocycles. The molecule has 0 bridgehead atoms. The molecule has 0 saturated heterocycles. The van der Waals surface area contributed by atoms with Crippen LogP contribution in [-0.2, 0) is 11.3 Å². The first-order chi connectivity index (χ1) is 10.9. The zero-order valence-electron chi connectivity index (χ0n) is 12.8. The molecule has 0 radical (unpaired) electrons. The maximum Gasteiger partial charge on any atom is 0.326 e. The number of aryl methyl sites for hydroxylation is 2. The lowest BCUT2D eigenvalue weighted by Gasteiger charge is -2.09. The molecule has 23 heavy (non-hydrogen) atoms. The Hall–Kier alpha value is -2.89. The smallest absolute Gasteiger partial charge is 0.324 e. The SMILES string of the molecule is Cc1ccc(NC(=O)Cn2c(=O)[nH]c3cc(F)ccc32)c(C)c1. The molecule has 2 aromatic carbocycles. The van der Waals surface area contributed by atoms with Gasteiger partial charge >= 0.3 is 5.69 Å². The van der Waals surface area contributed by atoms with Gasteiger partial charge in [0, 0.05) is 5.69 Å². The number of hydrogen-bond donors (Lipinski definition) is 2. The van der Waals surface area contributed by atoms with Gasteiger partial charge in [0.1, 0.15) is 12.4 Å². The van der Waals surface area contributed by atoms with Crippen LogP contribution in [0.5, 0.6) is 0 Å². The van der Waals surface area contributed by atoms with Gasteiger partial charge in [0.2, 0.25) is 5.91 Å². The van der Waals surface area contributed by atoms with Gasteiger partial charge in [-0.25, -0.2) is 9.18 Å². The van der Waals surface area contributed by atoms with Crippen LogP contribution in [0.4, 0.5) is 10.1 Å². The number of aromatic nitrogens is 2. The molecular weight excluding hydrogens is 297 g/mol. The van der Waals surface area contributed by atoms with Crippen molar-refractivity contribution in [1.82, 2.24) is 9.55 Å². The molecule has 3 rings (SSSR count). The monoisotopic (exact) mass is 313 g/mol. The Bertz CT molecular complexity index is 956. The average molecular weight is 313 g/mol. The Morgan fingerprint density at radius 3 is 2.74 bits per heavy atom. The zero-order valence-corrected chi connectivity index (χ0v) is 12.8. The first-order valence-electron chi connectivity index (χ1n) is 7.19. The number of amides is 1. The Morgan fingerprint density at radius 1 is 1.22 bits per heavy atom. The average Bonchev–Trinajstić information content (AvgIpc) is 2.77. The molecular formula is C17H16FN3O2. The summed E-state index contributed by atoms with van der Waals surface area (Å²) in [6.07, 6.45) is 0. The summed E-state index contributed by atoms with van der Waals surface area (Å²) < 4.78 is 14.5. The number of anilines is 1. The molecule has 1 amide bonds. The number of rotatable bonds is 3. The predicted molar refractivity (Wildman–Crippen MR) is 87.1 cm³/mol. The fourth-order valence-electron chi connectivity index (χ4n) is 2.58. The van der Waals surface area contributed by atoms with Crippen LogP contribution in [0.1, 0.15) is 11.1 Å². The van der Waals surface area contributed by atoms with Crippen LogP contribution in [0.3, 0.4) is 0 Å². The first-order valence-corrected chi connectivity index (χ1v) is 7.19. The second-order valence-corrected chi connectivity index (χ2v) is 5.54. The molecule has 5 nitrogen and oxygen atoms in total. The number of fused-ring (bicyclic) bond motifs is 1. The lowest BCUT2D eigenvalue weighted by molar-refractivity contribution is -0.116. The standard InChI is InChI=1S/C17H16FN3O2/c1-10-3-5-13(11(2)7-10)19-16(22)9-21-15-6-4-12(18)8-14(15)20-17(21)23/h3-8H,9H2,1-2H3,(H,19,22)(H,20,23). The van der Waals surface area contributed by atoms with Gasteiger partial charge in [0.15, 0.2) is 0 Å². The number of halogens is 1. The largest absolute Gasteiger partial charge is 0.326 e. The predicted octanol–water partition coefficient (Wildman–Crippen LogP) is 2.72. The van der Waals surface area contributed by atoms with Gasteiger partial charge in [-0.15, -0.1) is 0 Å². The number of benzene rings is 2. The van der Waals surface area contributed by atoms with Crippen molar-refractivity contribution in [2.24, 2.45) is 0 Å². The van der Waals surface area contributed by atoms with Crippen LogP contribution in [0.25, 0.3) is 11.0 Å². The van der Waals surface area contributed by atoms with Crippen molar-refractivity contribution in [3.05, 3.63) is 63.8 Å². The minimum absolute atomic E-state index is 0.141. The molecule has 0 aliphatic heterocycles. The number of aromatic amines is 1. The fraction of sp³-hybridized carbons (Fsp3) is 0.176. The summed E-state index contributed by atoms with van der Waals surface area (Å²) in [6.45, 7) is 3.74. The molecule has 2 N–H and O–H groups in total. The quantitative estimate of drug-likeness (QED) is 0.781. The van der Waals surface area contributed by atoms with E-state index < -0.39 is 11.5 Å². The topological polar surface area (TPSA) is 66.9 Å². The van der Waals surface area contributed by atoms with Gasteiger partial charge < -0.3 is 10.3 Å². The lowest BCUT2D eigenvalue weighted by atomic mass is 10.1. The third-order valence-electron chi connectivity index (χ3n) is 3.69. The van der Waals surface area contributed by atoms with Crippen molar-refractivity contribution < 1.29 is 9.18 Å². The van der Waals surface area contributed by atoms with Crippen LogP contribution in [0, 0.1) is 19.7 Å². The molecule has 1 heterocycles. The number of carbonyl (C=O) groups excluding carboxylic acids is 1. The lowest BCUT2D eigenvalue weighted by Crippen LogP contribution is -2.26. The van der Waals surface area contributed by atoms with Gasteiger partial charge in [0.25, 0.3) is 0 Å². The normalized spacial score (nSPS) is 10.9. The van der Waals surface area contributed by atoms with Crippen molar-refractivity contribution in [1.29, 1.82) is 0 Å². The number of H-pyrrole nitrogens is 1. The second-order valence-electron chi connectivity index (χ2n) is 5.54. The van der Waals surface area contributed by atoms with E-state index in [0.29, 0.717) is 16.7 Å². The van der Waals surface area contributed by atoms with Crippen LogP contribution >= 0.6 is 0 Å². The molecule has 118 valence electrons. The Morgan fingerprint density at radius 2 is 2.00 bits per heavy atom. The highest BCUT2D eigenvalue weighted by Gasteiger charge is 2.12. The minimum atomic E-state index is -0.443. The van der Waals surface area contributed by atoms with E-state index in [1.165, 1.54) is 22.8 Å². The molecule has 0 saturated carbocycles. The van der Waals surface area contributed by atoms with Gasteiger partial charge in [-0.2, -0.15) is 0 Å². The van der Waals surface area contributed by atoms with E-state index in [1.807, 2.05) is 32.0 Å². The molecule has 0 aliphatic rings. The molecule has 1 aromatic heterocycles. The van der Waals surface area contributed by atoms with Crippen LogP contribution < -0.4 is 11.0 Å². The highest BCUT2D eigenvalue weighted by atomic mass is 19.1. The van der Waals surface area contributed by atoms with Gasteiger partial charge in [0.05, 0.1) is 11.0 Å². The van der Waals surface area contributed by atoms with Crippen molar-refractivity contribution in [3.8, 4) is 0 Å². The van der Waals surface area contributed by atoms with Crippen molar-refractivity contribution in [3.63, 3.8) is 0 Å². The van der Waals surface area contributed by atoms with Crippen LogP contribution in [0.15, 0.2) is 41.2 Å². The number of nitrogens with zero attached hydrogens (tertiary/aromatic N) is 1. The summed E-state index contributed by atoms with van der Waals surface area (Å²) in [7, 11) is 0. The number of imidazole rings is 1. The molecule has 3 aromatic rings. The zero-order chi connectivity index (χ0) is 16.6. The van der Waals surface area contributed by atoms with E-state index >= 15 is 0 Å². The summed E-state index contributed by atoms with van der Waals surface area (Å²) in [5, 5.41) is 2.79. The summed E-state index contributed by atoms with van der Waals surface area (Å²) in [4.78, 5) is 26.7. The van der Waals surface area contributed by atoms with E-state index in [9.17, 15) is 14.0 Å². The molecule has 0 fully saturated rings. The Labute approximate surface area is 131 Å². The summed E-state index contributed by atoms with van der Waals surface area (Å²) in [5.41, 5.74) is 3.18. The number of carbonyl (C=O) groups is 1. The van der Waals surface area contributed by atoms with Crippen molar-refractivity contribution >= 4 is 22.6 Å². The molecule has 0 atom stereocenters. The molecule has 0 spiro atoms. The van der Waals surface area contributed by atoms with E-state index in [-0.39, 0.29) is 12.5 Å². The Kier molecular flexibility index (Phi) is 3.73. The number of hydrogen-bond acceptors (Lipinski definition) is 2. The maximum absolute atomic E-state index is 13.2. The van der Waals surface area contributed by atoms with Crippen LogP contribution in [0.2, 0.25) is 0 Å². The third kappa shape index (κ3) is 3.01. The van der Waals surface area contributed by atoms with Gasteiger partial charge in [-0.05, 0) is 43.7 Å². The van der Waals surface area contributed by atoms with E-state index in [0.717, 1.165) is 11.1 Å². The van der Waals surface area contributed by atoms with Gasteiger partial charge in [-0.3, -0.25) is 9.36 Å². The Balaban J connectivity index is 1.86. The van der Waals surface area contributed by atoms with E-state index in [1.54, 1.807) is 0 Å². The number of nitrogens with one attached hydrogen (secondary N) is 2. The second kappa shape index (κ2) is 5.72. The third-order valence-corrected chi connectivity index (χ3v) is 3.69. The van der Waals surface area contributed by atoms with E-state index in [2.05, 4.69) is 10.3 Å². The van der Waals surface area contributed by atoms with Gasteiger partial charge in [-0.1, -0.05) is 17.7 Å². The van der Waals surface area contributed by atoms with Crippen molar-refractivity contribution in [2.75, 3.05) is 5.32 Å². The molecule has 6 heteroatoms. The minimum Gasteiger partial charge on any atom is -0.324 e. The van der Waals surface area contributed by atoms with Crippen molar-refractivity contribution in [2.45, 2.75) is 20.4 Å². The first kappa shape index (κ1) is 15.0. The molecule has 0 unspecified atom stereocenters. The summed E-state index contributed by atoms with van der Waals surface area (Å²) in [5.74, 6) is -0.755. The summed E-state index contributed by atoms with van der Waals surface area (Å²) in [6, 6.07) is 9.67. The summed E-state index contributed by atoms with van der Waals surface area (Å²) >= 11 is 0. The van der Waals surface area contributed by atoms with E-state index in [4.69, 9.17) is 0 Å².